The maximum Gasteiger partial charge on any atom is 0.269 e. The van der Waals surface area contributed by atoms with Gasteiger partial charge in [0.25, 0.3) is 5.69 Å². The smallest absolute Gasteiger partial charge is 0.269 e. The number of nitro benzene ring substituents is 1. The Kier molecular flexibility index (Phi) is 5.76. The maximum atomic E-state index is 12.3. The van der Waals surface area contributed by atoms with Crippen LogP contribution in [0, 0.1) is 10.1 Å². The maximum absolute atomic E-state index is 12.3. The molecule has 0 bridgehead atoms. The number of non-ortho nitro benzene ring substituents is 1. The Morgan fingerprint density at radius 2 is 1.92 bits per heavy atom. The Hall–Kier alpha value is -2.60. The number of carbonyl (C=O) groups excluding carboxylic acids is 1. The zero-order chi connectivity index (χ0) is 17.7. The van der Waals surface area contributed by atoms with Crippen LogP contribution in [0.3, 0.4) is 0 Å². The van der Waals surface area contributed by atoms with Crippen molar-refractivity contribution in [2.24, 2.45) is 0 Å². The molecular formula is C17H17ClN2O4. The number of amides is 1. The van der Waals surface area contributed by atoms with Crippen LogP contribution < -0.4 is 4.74 Å². The normalized spacial score (nSPS) is 10.3. The summed E-state index contributed by atoms with van der Waals surface area (Å²) in [6, 6.07) is 11.4. The Bertz CT molecular complexity index is 747. The fraction of sp³-hybridized carbons (Fsp3) is 0.235. The van der Waals surface area contributed by atoms with Gasteiger partial charge in [-0.05, 0) is 29.3 Å². The summed E-state index contributed by atoms with van der Waals surface area (Å²) in [6.45, 7) is 0.204. The van der Waals surface area contributed by atoms with Gasteiger partial charge in [0.1, 0.15) is 5.75 Å². The number of nitrogens with zero attached hydrogens (tertiary/aromatic N) is 2. The van der Waals surface area contributed by atoms with E-state index in [0.717, 1.165) is 11.3 Å². The van der Waals surface area contributed by atoms with Crippen molar-refractivity contribution < 1.29 is 14.5 Å². The molecule has 0 aliphatic heterocycles. The first kappa shape index (κ1) is 17.7. The van der Waals surface area contributed by atoms with E-state index >= 15 is 0 Å². The number of benzene rings is 2. The number of carbonyl (C=O) groups is 1. The fourth-order valence-corrected chi connectivity index (χ4v) is 2.37. The van der Waals surface area contributed by atoms with Crippen molar-refractivity contribution in [2.75, 3.05) is 14.2 Å². The second-order valence-corrected chi connectivity index (χ2v) is 5.71. The number of hydrogen-bond acceptors (Lipinski definition) is 4. The summed E-state index contributed by atoms with van der Waals surface area (Å²) in [5, 5.41) is 11.2. The van der Waals surface area contributed by atoms with Crippen LogP contribution in [-0.4, -0.2) is 29.9 Å². The van der Waals surface area contributed by atoms with Crippen LogP contribution in [0.2, 0.25) is 5.02 Å². The van der Waals surface area contributed by atoms with Crippen molar-refractivity contribution in [1.29, 1.82) is 0 Å². The van der Waals surface area contributed by atoms with Crippen molar-refractivity contribution >= 4 is 23.2 Å². The van der Waals surface area contributed by atoms with E-state index in [0.29, 0.717) is 10.6 Å². The van der Waals surface area contributed by atoms with Crippen molar-refractivity contribution in [3.05, 3.63) is 68.7 Å². The average molecular weight is 349 g/mol. The van der Waals surface area contributed by atoms with Crippen LogP contribution in [0.25, 0.3) is 0 Å². The molecule has 0 aliphatic rings. The lowest BCUT2D eigenvalue weighted by molar-refractivity contribution is -0.384. The van der Waals surface area contributed by atoms with Crippen molar-refractivity contribution in [1.82, 2.24) is 4.90 Å². The molecule has 0 atom stereocenters. The summed E-state index contributed by atoms with van der Waals surface area (Å²) in [6.07, 6.45) is 0.229. The Balaban J connectivity index is 2.05. The van der Waals surface area contributed by atoms with Gasteiger partial charge in [0, 0.05) is 30.7 Å². The monoisotopic (exact) mass is 348 g/mol. The predicted molar refractivity (Wildman–Crippen MR) is 91.3 cm³/mol. The van der Waals surface area contributed by atoms with Crippen LogP contribution in [-0.2, 0) is 17.8 Å². The summed E-state index contributed by atoms with van der Waals surface area (Å²) in [5.41, 5.74) is 1.35. The topological polar surface area (TPSA) is 72.7 Å². The second-order valence-electron chi connectivity index (χ2n) is 5.31. The summed E-state index contributed by atoms with van der Waals surface area (Å²) >= 11 is 6.07. The highest BCUT2D eigenvalue weighted by molar-refractivity contribution is 6.31. The zero-order valence-electron chi connectivity index (χ0n) is 13.4. The first-order valence-corrected chi connectivity index (χ1v) is 7.58. The molecule has 0 aromatic heterocycles. The van der Waals surface area contributed by atoms with E-state index < -0.39 is 4.92 Å². The largest absolute Gasteiger partial charge is 0.497 e. The summed E-state index contributed by atoms with van der Waals surface area (Å²) < 4.78 is 5.08. The molecular weight excluding hydrogens is 332 g/mol. The highest BCUT2D eigenvalue weighted by atomic mass is 35.5. The molecule has 0 saturated heterocycles. The molecule has 0 unspecified atom stereocenters. The van der Waals surface area contributed by atoms with E-state index in [1.807, 2.05) is 12.1 Å². The minimum Gasteiger partial charge on any atom is -0.497 e. The Morgan fingerprint density at radius 3 is 2.50 bits per heavy atom. The van der Waals surface area contributed by atoms with Gasteiger partial charge < -0.3 is 9.64 Å². The predicted octanol–water partition coefficient (Wildman–Crippen LogP) is 3.46. The molecule has 7 heteroatoms. The third-order valence-electron chi connectivity index (χ3n) is 3.59. The van der Waals surface area contributed by atoms with Gasteiger partial charge >= 0.3 is 0 Å². The molecule has 1 amide bonds. The first-order chi connectivity index (χ1) is 11.4. The number of halogens is 1. The second kappa shape index (κ2) is 7.79. The van der Waals surface area contributed by atoms with Gasteiger partial charge in [-0.3, -0.25) is 14.9 Å². The van der Waals surface area contributed by atoms with Gasteiger partial charge in [0.05, 0.1) is 18.5 Å². The lowest BCUT2D eigenvalue weighted by Crippen LogP contribution is -2.27. The van der Waals surface area contributed by atoms with Crippen LogP contribution in [0.1, 0.15) is 11.1 Å². The van der Waals surface area contributed by atoms with E-state index in [1.54, 1.807) is 26.3 Å². The van der Waals surface area contributed by atoms with Crippen LogP contribution in [0.4, 0.5) is 5.69 Å². The standard InChI is InChI=1S/C17H17ClN2O4/c1-19(11-13-10-14(20(22)23)5-8-16(13)18)17(21)9-12-3-6-15(24-2)7-4-12/h3-8,10H,9,11H2,1-2H3. The molecule has 2 rings (SSSR count). The molecule has 0 aliphatic carbocycles. The van der Waals surface area contributed by atoms with Crippen LogP contribution in [0.15, 0.2) is 42.5 Å². The molecule has 24 heavy (non-hydrogen) atoms. The third-order valence-corrected chi connectivity index (χ3v) is 3.96. The highest BCUT2D eigenvalue weighted by Gasteiger charge is 2.15. The van der Waals surface area contributed by atoms with Crippen LogP contribution >= 0.6 is 11.6 Å². The minimum absolute atomic E-state index is 0.0506. The van der Waals surface area contributed by atoms with Crippen molar-refractivity contribution in [3.8, 4) is 5.75 Å². The zero-order valence-corrected chi connectivity index (χ0v) is 14.1. The molecule has 2 aromatic carbocycles. The highest BCUT2D eigenvalue weighted by Crippen LogP contribution is 2.23. The number of likely N-dealkylation sites (N-methyl/N-ethyl adjacent to an activating group) is 1. The molecule has 0 N–H and O–H groups in total. The molecule has 0 saturated carbocycles. The van der Waals surface area contributed by atoms with E-state index in [2.05, 4.69) is 0 Å². The van der Waals surface area contributed by atoms with Gasteiger partial charge in [0.2, 0.25) is 5.91 Å². The van der Waals surface area contributed by atoms with Gasteiger partial charge in [-0.15, -0.1) is 0 Å². The van der Waals surface area contributed by atoms with Crippen molar-refractivity contribution in [2.45, 2.75) is 13.0 Å². The number of hydrogen-bond donors (Lipinski definition) is 0. The summed E-state index contributed by atoms with van der Waals surface area (Å²) in [5.74, 6) is 0.616. The molecule has 0 fully saturated rings. The number of nitro groups is 1. The number of ether oxygens (including phenoxy) is 1. The third kappa shape index (κ3) is 4.45. The molecule has 126 valence electrons. The molecule has 0 heterocycles. The number of rotatable bonds is 6. The summed E-state index contributed by atoms with van der Waals surface area (Å²) in [7, 11) is 3.22. The summed E-state index contributed by atoms with van der Waals surface area (Å²) in [4.78, 5) is 24.2. The van der Waals surface area contributed by atoms with E-state index in [4.69, 9.17) is 16.3 Å². The van der Waals surface area contributed by atoms with E-state index in [-0.39, 0.29) is 24.6 Å². The first-order valence-electron chi connectivity index (χ1n) is 7.20. The van der Waals surface area contributed by atoms with E-state index in [1.165, 1.54) is 23.1 Å². The quantitative estimate of drug-likeness (QED) is 0.592. The molecule has 6 nitrogen and oxygen atoms in total. The fourth-order valence-electron chi connectivity index (χ4n) is 2.19. The SMILES string of the molecule is COc1ccc(CC(=O)N(C)Cc2cc([N+](=O)[O-])ccc2Cl)cc1. The van der Waals surface area contributed by atoms with Gasteiger partial charge in [-0.25, -0.2) is 0 Å². The Morgan fingerprint density at radius 1 is 1.25 bits per heavy atom. The number of methoxy groups -OCH3 is 1. The molecule has 0 radical (unpaired) electrons. The van der Waals surface area contributed by atoms with Gasteiger partial charge in [0.15, 0.2) is 0 Å². The lowest BCUT2D eigenvalue weighted by Gasteiger charge is -2.18. The van der Waals surface area contributed by atoms with Crippen molar-refractivity contribution in [3.63, 3.8) is 0 Å². The molecule has 2 aromatic rings. The van der Waals surface area contributed by atoms with E-state index in [9.17, 15) is 14.9 Å². The molecule has 0 spiro atoms. The van der Waals surface area contributed by atoms with Gasteiger partial charge in [-0.1, -0.05) is 23.7 Å². The van der Waals surface area contributed by atoms with Crippen LogP contribution in [0.5, 0.6) is 5.75 Å². The van der Waals surface area contributed by atoms with Gasteiger partial charge in [-0.2, -0.15) is 0 Å². The minimum atomic E-state index is -0.487. The average Bonchev–Trinajstić information content (AvgIpc) is 2.57. The Labute approximate surface area is 144 Å². The lowest BCUT2D eigenvalue weighted by atomic mass is 10.1.